The first-order valence-electron chi connectivity index (χ1n) is 8.25. The Bertz CT molecular complexity index is 516. The minimum atomic E-state index is 0. The van der Waals surface area contributed by atoms with E-state index in [0.717, 1.165) is 61.7 Å². The van der Waals surface area contributed by atoms with Gasteiger partial charge in [0.15, 0.2) is 0 Å². The van der Waals surface area contributed by atoms with E-state index in [-0.39, 0.29) is 30.9 Å². The summed E-state index contributed by atoms with van der Waals surface area (Å²) in [5, 5.41) is 1.41. The third-order valence-electron chi connectivity index (χ3n) is 4.74. The number of hydrogen-bond acceptors (Lipinski definition) is 3. The number of ether oxygens (including phenoxy) is 1. The van der Waals surface area contributed by atoms with Gasteiger partial charge in [0.05, 0.1) is 11.1 Å². The van der Waals surface area contributed by atoms with Gasteiger partial charge < -0.3 is 10.5 Å². The van der Waals surface area contributed by atoms with E-state index in [1.807, 2.05) is 12.1 Å². The van der Waals surface area contributed by atoms with Gasteiger partial charge in [-0.15, -0.1) is 24.8 Å². The average molecular weight is 416 g/mol. The van der Waals surface area contributed by atoms with Gasteiger partial charge in [0, 0.05) is 23.2 Å². The second-order valence-corrected chi connectivity index (χ2v) is 7.26. The lowest BCUT2D eigenvalue weighted by atomic mass is 9.94. The molecule has 1 aromatic carbocycles. The predicted molar refractivity (Wildman–Crippen MR) is 106 cm³/mol. The van der Waals surface area contributed by atoms with Gasteiger partial charge in [-0.05, 0) is 63.7 Å². The van der Waals surface area contributed by atoms with Gasteiger partial charge in [-0.2, -0.15) is 0 Å². The number of hydrogen-bond donors (Lipinski definition) is 1. The first-order valence-corrected chi connectivity index (χ1v) is 9.00. The average Bonchev–Trinajstić information content (AvgIpc) is 3.02. The molecule has 0 amide bonds. The standard InChI is InChI=1S/C17H24Cl2N2O.2ClH/c18-15-7-8-16(22-13-5-3-12(20)4-6-13)17(19)14(15)11-21-9-1-2-10-21;;/h7-8,12-13H,1-6,9-11,20H2;2*1H. The lowest BCUT2D eigenvalue weighted by molar-refractivity contribution is 0.147. The molecular weight excluding hydrogens is 390 g/mol. The fourth-order valence-corrected chi connectivity index (χ4v) is 3.90. The van der Waals surface area contributed by atoms with E-state index in [9.17, 15) is 0 Å². The summed E-state index contributed by atoms with van der Waals surface area (Å²) in [6.45, 7) is 3.06. The molecule has 0 unspecified atom stereocenters. The van der Waals surface area contributed by atoms with Gasteiger partial charge in [0.25, 0.3) is 0 Å². The largest absolute Gasteiger partial charge is 0.489 e. The Morgan fingerprint density at radius 3 is 2.29 bits per heavy atom. The highest BCUT2D eigenvalue weighted by Crippen LogP contribution is 2.36. The third-order valence-corrected chi connectivity index (χ3v) is 5.51. The maximum Gasteiger partial charge on any atom is 0.138 e. The molecule has 0 spiro atoms. The van der Waals surface area contributed by atoms with E-state index in [1.54, 1.807) is 0 Å². The van der Waals surface area contributed by atoms with Gasteiger partial charge in [0.1, 0.15) is 5.75 Å². The summed E-state index contributed by atoms with van der Waals surface area (Å²) in [4.78, 5) is 2.40. The molecule has 0 radical (unpaired) electrons. The minimum absolute atomic E-state index is 0. The van der Waals surface area contributed by atoms with Crippen molar-refractivity contribution in [1.29, 1.82) is 0 Å². The van der Waals surface area contributed by atoms with E-state index in [0.29, 0.717) is 11.1 Å². The monoisotopic (exact) mass is 414 g/mol. The highest BCUT2D eigenvalue weighted by Gasteiger charge is 2.23. The van der Waals surface area contributed by atoms with Gasteiger partial charge >= 0.3 is 0 Å². The SMILES string of the molecule is Cl.Cl.NC1CCC(Oc2ccc(Cl)c(CN3CCCC3)c2Cl)CC1. The molecule has 1 heterocycles. The summed E-state index contributed by atoms with van der Waals surface area (Å²) in [7, 11) is 0. The molecule has 138 valence electrons. The molecule has 1 aromatic rings. The number of rotatable bonds is 4. The fraction of sp³-hybridized carbons (Fsp3) is 0.647. The third kappa shape index (κ3) is 5.55. The molecule has 2 aliphatic rings. The van der Waals surface area contributed by atoms with Crippen molar-refractivity contribution in [3.63, 3.8) is 0 Å². The van der Waals surface area contributed by atoms with E-state index in [1.165, 1.54) is 12.8 Å². The molecule has 3 nitrogen and oxygen atoms in total. The zero-order valence-electron chi connectivity index (χ0n) is 13.7. The Kier molecular flexibility index (Phi) is 9.50. The first-order chi connectivity index (χ1) is 10.6. The molecule has 1 aliphatic carbocycles. The normalized spacial score (nSPS) is 24.1. The second kappa shape index (κ2) is 10.3. The van der Waals surface area contributed by atoms with Crippen molar-refractivity contribution in [1.82, 2.24) is 4.90 Å². The van der Waals surface area contributed by atoms with Crippen LogP contribution in [0, 0.1) is 0 Å². The van der Waals surface area contributed by atoms with Crippen molar-refractivity contribution in [3.8, 4) is 5.75 Å². The van der Waals surface area contributed by atoms with Crippen molar-refractivity contribution in [2.45, 2.75) is 57.2 Å². The van der Waals surface area contributed by atoms with Crippen LogP contribution in [0.5, 0.6) is 5.75 Å². The van der Waals surface area contributed by atoms with Crippen molar-refractivity contribution < 1.29 is 4.74 Å². The van der Waals surface area contributed by atoms with E-state index >= 15 is 0 Å². The summed E-state index contributed by atoms with van der Waals surface area (Å²) in [6, 6.07) is 4.13. The van der Waals surface area contributed by atoms with E-state index in [4.69, 9.17) is 33.7 Å². The van der Waals surface area contributed by atoms with E-state index in [2.05, 4.69) is 4.90 Å². The quantitative estimate of drug-likeness (QED) is 0.744. The Labute approximate surface area is 167 Å². The molecule has 0 atom stereocenters. The lowest BCUT2D eigenvalue weighted by Gasteiger charge is -2.27. The van der Waals surface area contributed by atoms with Crippen molar-refractivity contribution >= 4 is 48.0 Å². The molecule has 0 bridgehead atoms. The Hall–Kier alpha value is 0.1000. The summed E-state index contributed by atoms with van der Waals surface area (Å²) in [5.74, 6) is 0.765. The van der Waals surface area contributed by atoms with Crippen LogP contribution in [-0.4, -0.2) is 30.1 Å². The molecule has 0 aromatic heterocycles. The molecular formula is C17H26Cl4N2O. The molecule has 24 heavy (non-hydrogen) atoms. The van der Waals surface area contributed by atoms with Crippen LogP contribution in [0.15, 0.2) is 12.1 Å². The van der Waals surface area contributed by atoms with Crippen LogP contribution < -0.4 is 10.5 Å². The first kappa shape index (κ1) is 22.1. The van der Waals surface area contributed by atoms with Crippen molar-refractivity contribution in [2.75, 3.05) is 13.1 Å². The van der Waals surface area contributed by atoms with Gasteiger partial charge in [-0.1, -0.05) is 23.2 Å². The Balaban J connectivity index is 0.00000144. The summed E-state index contributed by atoms with van der Waals surface area (Å²) in [5.41, 5.74) is 6.95. The number of nitrogens with zero attached hydrogens (tertiary/aromatic N) is 1. The zero-order chi connectivity index (χ0) is 15.5. The Morgan fingerprint density at radius 2 is 1.67 bits per heavy atom. The van der Waals surface area contributed by atoms with Crippen LogP contribution in [0.2, 0.25) is 10.0 Å². The molecule has 1 saturated heterocycles. The van der Waals surface area contributed by atoms with Gasteiger partial charge in [-0.25, -0.2) is 0 Å². The van der Waals surface area contributed by atoms with Crippen LogP contribution in [-0.2, 0) is 6.54 Å². The predicted octanol–water partition coefficient (Wildman–Crippen LogP) is 5.08. The topological polar surface area (TPSA) is 38.5 Å². The van der Waals surface area contributed by atoms with Crippen molar-refractivity contribution in [2.24, 2.45) is 5.73 Å². The number of benzene rings is 1. The van der Waals surface area contributed by atoms with Crippen LogP contribution in [0.4, 0.5) is 0 Å². The number of nitrogens with two attached hydrogens (primary N) is 1. The molecule has 3 rings (SSSR count). The molecule has 1 aliphatic heterocycles. The van der Waals surface area contributed by atoms with Crippen LogP contribution in [0.3, 0.4) is 0 Å². The second-order valence-electron chi connectivity index (χ2n) is 6.48. The molecule has 1 saturated carbocycles. The number of likely N-dealkylation sites (tertiary alicyclic amines) is 1. The van der Waals surface area contributed by atoms with Crippen LogP contribution in [0.1, 0.15) is 44.1 Å². The molecule has 2 N–H and O–H groups in total. The summed E-state index contributed by atoms with van der Waals surface area (Å²) < 4.78 is 6.13. The highest BCUT2D eigenvalue weighted by atomic mass is 35.5. The minimum Gasteiger partial charge on any atom is -0.489 e. The Morgan fingerprint density at radius 1 is 1.04 bits per heavy atom. The van der Waals surface area contributed by atoms with E-state index < -0.39 is 0 Å². The molecule has 7 heteroatoms. The maximum atomic E-state index is 6.58. The zero-order valence-corrected chi connectivity index (χ0v) is 16.8. The molecule has 2 fully saturated rings. The number of halogens is 4. The smallest absolute Gasteiger partial charge is 0.138 e. The summed E-state index contributed by atoms with van der Waals surface area (Å²) in [6.07, 6.45) is 6.79. The fourth-order valence-electron chi connectivity index (χ4n) is 3.36. The van der Waals surface area contributed by atoms with Gasteiger partial charge in [0.2, 0.25) is 0 Å². The van der Waals surface area contributed by atoms with Crippen LogP contribution >= 0.6 is 48.0 Å². The highest BCUT2D eigenvalue weighted by molar-refractivity contribution is 6.36. The maximum absolute atomic E-state index is 6.58. The van der Waals surface area contributed by atoms with Crippen molar-refractivity contribution in [3.05, 3.63) is 27.7 Å². The summed E-state index contributed by atoms with van der Waals surface area (Å²) >= 11 is 12.9. The lowest BCUT2D eigenvalue weighted by Crippen LogP contribution is -2.31. The van der Waals surface area contributed by atoms with Gasteiger partial charge in [-0.3, -0.25) is 4.90 Å². The van der Waals surface area contributed by atoms with Crippen LogP contribution in [0.25, 0.3) is 0 Å².